The molecule has 0 radical (unpaired) electrons. The molecule has 0 bridgehead atoms. The van der Waals surface area contributed by atoms with E-state index in [4.69, 9.17) is 0 Å². The van der Waals surface area contributed by atoms with Gasteiger partial charge >= 0.3 is 0 Å². The van der Waals surface area contributed by atoms with Crippen molar-refractivity contribution >= 4 is 5.95 Å². The lowest BCUT2D eigenvalue weighted by Gasteiger charge is -2.19. The minimum absolute atomic E-state index is 0.660. The van der Waals surface area contributed by atoms with Gasteiger partial charge in [-0.3, -0.25) is 4.90 Å². The van der Waals surface area contributed by atoms with Crippen LogP contribution in [0.15, 0.2) is 24.8 Å². The summed E-state index contributed by atoms with van der Waals surface area (Å²) in [6.45, 7) is 5.23. The lowest BCUT2D eigenvalue weighted by atomic mass is 10.2. The topological polar surface area (TPSA) is 58.9 Å². The normalized spacial score (nSPS) is 18.7. The van der Waals surface area contributed by atoms with Gasteiger partial charge in [0.2, 0.25) is 5.95 Å². The van der Waals surface area contributed by atoms with E-state index in [9.17, 15) is 0 Å². The summed E-state index contributed by atoms with van der Waals surface area (Å²) in [4.78, 5) is 15.6. The number of aromatic nitrogens is 4. The van der Waals surface area contributed by atoms with Crippen LogP contribution in [0.3, 0.4) is 0 Å². The molecule has 4 rings (SSSR count). The molecule has 3 heterocycles. The van der Waals surface area contributed by atoms with Crippen LogP contribution in [0.4, 0.5) is 5.95 Å². The van der Waals surface area contributed by atoms with Crippen molar-refractivity contribution in [3.63, 3.8) is 0 Å². The first-order chi connectivity index (χ1) is 10.9. The number of hydrogen-bond donors (Lipinski definition) is 1. The molecule has 0 spiro atoms. The van der Waals surface area contributed by atoms with Crippen molar-refractivity contribution < 1.29 is 0 Å². The molecule has 1 aliphatic heterocycles. The van der Waals surface area contributed by atoms with Crippen molar-refractivity contribution in [2.45, 2.75) is 38.9 Å². The quantitative estimate of drug-likeness (QED) is 0.913. The number of nitrogens with zero attached hydrogens (tertiary/aromatic N) is 5. The Labute approximate surface area is 130 Å². The molecule has 6 heteroatoms. The Balaban J connectivity index is 1.46. The Morgan fingerprint density at radius 3 is 2.82 bits per heavy atom. The highest BCUT2D eigenvalue weighted by Crippen LogP contribution is 2.31. The molecule has 1 aliphatic carbocycles. The molecule has 1 fully saturated rings. The van der Waals surface area contributed by atoms with Crippen LogP contribution >= 0.6 is 0 Å². The second-order valence-corrected chi connectivity index (χ2v) is 6.29. The van der Waals surface area contributed by atoms with Crippen LogP contribution in [0.5, 0.6) is 0 Å². The predicted molar refractivity (Wildman–Crippen MR) is 84.2 cm³/mol. The first kappa shape index (κ1) is 13.7. The van der Waals surface area contributed by atoms with E-state index in [0.29, 0.717) is 12.5 Å². The second-order valence-electron chi connectivity index (χ2n) is 6.29. The first-order valence-electron chi connectivity index (χ1n) is 8.14. The third kappa shape index (κ3) is 3.11. The van der Waals surface area contributed by atoms with Gasteiger partial charge in [-0.2, -0.15) is 0 Å². The van der Waals surface area contributed by atoms with Crippen molar-refractivity contribution in [2.24, 2.45) is 5.92 Å². The standard InChI is InChI=1S/C16H22N6/c1-5-17-16(18-6-1)19-9-14-15-11-21(10-13-3-4-13)7-2-8-22(15)12-20-14/h1,5-6,12-13H,2-4,7-11H2,(H,17,18,19). The molecule has 0 atom stereocenters. The van der Waals surface area contributed by atoms with Crippen LogP contribution < -0.4 is 5.32 Å². The Morgan fingerprint density at radius 2 is 2.00 bits per heavy atom. The maximum Gasteiger partial charge on any atom is 0.222 e. The van der Waals surface area contributed by atoms with Crippen LogP contribution in [0.25, 0.3) is 0 Å². The van der Waals surface area contributed by atoms with E-state index in [1.54, 1.807) is 12.4 Å². The Bertz CT molecular complexity index is 619. The molecule has 22 heavy (non-hydrogen) atoms. The van der Waals surface area contributed by atoms with E-state index in [1.807, 2.05) is 12.4 Å². The van der Waals surface area contributed by atoms with E-state index >= 15 is 0 Å². The molecule has 0 unspecified atom stereocenters. The summed E-state index contributed by atoms with van der Waals surface area (Å²) in [5.41, 5.74) is 2.47. The monoisotopic (exact) mass is 298 g/mol. The van der Waals surface area contributed by atoms with Gasteiger partial charge < -0.3 is 9.88 Å². The first-order valence-corrected chi connectivity index (χ1v) is 8.14. The van der Waals surface area contributed by atoms with Crippen molar-refractivity contribution in [1.82, 2.24) is 24.4 Å². The van der Waals surface area contributed by atoms with E-state index in [2.05, 4.69) is 29.7 Å². The average Bonchev–Trinajstić information content (AvgIpc) is 3.32. The lowest BCUT2D eigenvalue weighted by molar-refractivity contribution is 0.258. The molecule has 6 nitrogen and oxygen atoms in total. The molecule has 2 aromatic rings. The Kier molecular flexibility index (Phi) is 3.76. The Hall–Kier alpha value is -1.95. The smallest absolute Gasteiger partial charge is 0.222 e. The minimum atomic E-state index is 0.660. The molecule has 0 amide bonds. The van der Waals surface area contributed by atoms with Crippen molar-refractivity contribution in [3.05, 3.63) is 36.2 Å². The second kappa shape index (κ2) is 6.04. The van der Waals surface area contributed by atoms with Gasteiger partial charge in [0, 0.05) is 38.6 Å². The summed E-state index contributed by atoms with van der Waals surface area (Å²) in [7, 11) is 0. The zero-order chi connectivity index (χ0) is 14.8. The van der Waals surface area contributed by atoms with Gasteiger partial charge in [-0.1, -0.05) is 0 Å². The van der Waals surface area contributed by atoms with Crippen LogP contribution in [-0.4, -0.2) is 37.5 Å². The van der Waals surface area contributed by atoms with Crippen molar-refractivity contribution in [2.75, 3.05) is 18.4 Å². The average molecular weight is 298 g/mol. The molecular formula is C16H22N6. The molecule has 2 aliphatic rings. The van der Waals surface area contributed by atoms with Crippen LogP contribution in [-0.2, 0) is 19.6 Å². The number of rotatable bonds is 5. The Morgan fingerprint density at radius 1 is 1.14 bits per heavy atom. The fraction of sp³-hybridized carbons (Fsp3) is 0.562. The number of hydrogen-bond acceptors (Lipinski definition) is 5. The number of anilines is 1. The number of imidazole rings is 1. The molecule has 1 saturated carbocycles. The number of nitrogens with one attached hydrogen (secondary N) is 1. The van der Waals surface area contributed by atoms with E-state index in [1.165, 1.54) is 38.0 Å². The fourth-order valence-corrected chi connectivity index (χ4v) is 3.10. The molecule has 0 saturated heterocycles. The largest absolute Gasteiger partial charge is 0.348 e. The third-order valence-electron chi connectivity index (χ3n) is 4.47. The molecule has 2 aromatic heterocycles. The van der Waals surface area contributed by atoms with Crippen LogP contribution in [0.2, 0.25) is 0 Å². The summed E-state index contributed by atoms with van der Waals surface area (Å²) < 4.78 is 2.32. The summed E-state index contributed by atoms with van der Waals surface area (Å²) in [5, 5.41) is 3.27. The van der Waals surface area contributed by atoms with Gasteiger partial charge in [-0.25, -0.2) is 15.0 Å². The zero-order valence-corrected chi connectivity index (χ0v) is 12.8. The van der Waals surface area contributed by atoms with E-state index < -0.39 is 0 Å². The third-order valence-corrected chi connectivity index (χ3v) is 4.47. The van der Waals surface area contributed by atoms with Crippen LogP contribution in [0, 0.1) is 5.92 Å². The SMILES string of the molecule is c1cnc(NCc2ncn3c2CN(CC2CC2)CCC3)nc1. The van der Waals surface area contributed by atoms with Gasteiger partial charge in [-0.15, -0.1) is 0 Å². The highest BCUT2D eigenvalue weighted by Gasteiger charge is 2.26. The molecule has 0 aromatic carbocycles. The summed E-state index contributed by atoms with van der Waals surface area (Å²) in [6, 6.07) is 1.82. The number of aryl methyl sites for hydroxylation is 1. The maximum atomic E-state index is 4.60. The minimum Gasteiger partial charge on any atom is -0.348 e. The summed E-state index contributed by atoms with van der Waals surface area (Å²) in [6.07, 6.45) is 9.52. The highest BCUT2D eigenvalue weighted by molar-refractivity contribution is 5.26. The predicted octanol–water partition coefficient (Wildman–Crippen LogP) is 1.90. The number of fused-ring (bicyclic) bond motifs is 1. The van der Waals surface area contributed by atoms with E-state index in [0.717, 1.165) is 24.7 Å². The highest BCUT2D eigenvalue weighted by atomic mass is 15.2. The zero-order valence-electron chi connectivity index (χ0n) is 12.8. The summed E-state index contributed by atoms with van der Waals surface area (Å²) in [5.74, 6) is 1.60. The van der Waals surface area contributed by atoms with Gasteiger partial charge in [0.1, 0.15) is 0 Å². The van der Waals surface area contributed by atoms with Gasteiger partial charge in [0.25, 0.3) is 0 Å². The van der Waals surface area contributed by atoms with Crippen LogP contribution in [0.1, 0.15) is 30.7 Å². The van der Waals surface area contributed by atoms with Crippen molar-refractivity contribution in [1.29, 1.82) is 0 Å². The molecule has 1 N–H and O–H groups in total. The lowest BCUT2D eigenvalue weighted by Crippen LogP contribution is -2.26. The summed E-state index contributed by atoms with van der Waals surface area (Å²) >= 11 is 0. The molecular weight excluding hydrogens is 276 g/mol. The maximum absolute atomic E-state index is 4.60. The van der Waals surface area contributed by atoms with Gasteiger partial charge in [0.15, 0.2) is 0 Å². The van der Waals surface area contributed by atoms with Gasteiger partial charge in [0.05, 0.1) is 24.3 Å². The molecule has 116 valence electrons. The fourth-order valence-electron chi connectivity index (χ4n) is 3.10. The van der Waals surface area contributed by atoms with E-state index in [-0.39, 0.29) is 0 Å². The van der Waals surface area contributed by atoms with Crippen molar-refractivity contribution in [3.8, 4) is 0 Å². The van der Waals surface area contributed by atoms with Gasteiger partial charge in [-0.05, 0) is 31.2 Å².